The van der Waals surface area contributed by atoms with Gasteiger partial charge in [0.15, 0.2) is 6.29 Å². The number of carbonyl (C=O) groups is 1. The molecule has 114 valence electrons. The number of anilines is 3. The number of ether oxygens (including phenoxy) is 1. The molecular weight excluding hydrogens is 292 g/mol. The number of nitrogens with one attached hydrogen (secondary N) is 1. The minimum atomic E-state index is 0.140. The molecule has 23 heavy (non-hydrogen) atoms. The van der Waals surface area contributed by atoms with Gasteiger partial charge in [0.05, 0.1) is 5.56 Å². The number of hydrogen-bond acceptors (Lipinski definition) is 6. The summed E-state index contributed by atoms with van der Waals surface area (Å²) in [4.78, 5) is 18.9. The van der Waals surface area contributed by atoms with E-state index in [1.165, 1.54) is 6.33 Å². The number of nitrogens with zero attached hydrogens (tertiary/aromatic N) is 2. The van der Waals surface area contributed by atoms with Gasteiger partial charge in [-0.1, -0.05) is 18.2 Å². The normalized spacial score (nSPS) is 10.1. The Morgan fingerprint density at radius 3 is 2.35 bits per heavy atom. The van der Waals surface area contributed by atoms with Crippen molar-refractivity contribution in [1.29, 1.82) is 0 Å². The summed E-state index contributed by atoms with van der Waals surface area (Å²) < 4.78 is 5.72. The Balaban J connectivity index is 1.75. The first-order chi connectivity index (χ1) is 11.3. The molecule has 0 amide bonds. The van der Waals surface area contributed by atoms with Crippen molar-refractivity contribution in [2.75, 3.05) is 11.1 Å². The first-order valence-electron chi connectivity index (χ1n) is 6.92. The maximum atomic E-state index is 11.1. The Bertz CT molecular complexity index is 805. The highest BCUT2D eigenvalue weighted by Gasteiger charge is 2.08. The molecule has 0 saturated heterocycles. The average molecular weight is 306 g/mol. The number of aromatic nitrogens is 2. The van der Waals surface area contributed by atoms with E-state index in [0.717, 1.165) is 11.4 Å². The predicted octanol–water partition coefficient (Wildman–Crippen LogP) is 3.41. The smallest absolute Gasteiger partial charge is 0.157 e. The number of nitrogens with two attached hydrogens (primary N) is 1. The largest absolute Gasteiger partial charge is 0.457 e. The molecule has 0 aliphatic rings. The number of benzene rings is 2. The second kappa shape index (κ2) is 6.57. The molecular formula is C17H14N4O2. The molecule has 0 unspecified atom stereocenters. The average Bonchev–Trinajstić information content (AvgIpc) is 2.58. The van der Waals surface area contributed by atoms with Crippen LogP contribution in [0.3, 0.4) is 0 Å². The van der Waals surface area contributed by atoms with Crippen molar-refractivity contribution in [2.45, 2.75) is 0 Å². The lowest BCUT2D eigenvalue weighted by Gasteiger charge is -2.10. The minimum Gasteiger partial charge on any atom is -0.457 e. The fourth-order valence-electron chi connectivity index (χ4n) is 1.99. The van der Waals surface area contributed by atoms with Gasteiger partial charge in [-0.15, -0.1) is 0 Å². The highest BCUT2D eigenvalue weighted by atomic mass is 16.5. The van der Waals surface area contributed by atoms with Crippen molar-refractivity contribution < 1.29 is 9.53 Å². The van der Waals surface area contributed by atoms with Gasteiger partial charge < -0.3 is 15.8 Å². The van der Waals surface area contributed by atoms with Crippen LogP contribution in [0.4, 0.5) is 17.3 Å². The zero-order valence-corrected chi connectivity index (χ0v) is 12.1. The van der Waals surface area contributed by atoms with Crippen LogP contribution in [0.2, 0.25) is 0 Å². The maximum Gasteiger partial charge on any atom is 0.157 e. The summed E-state index contributed by atoms with van der Waals surface area (Å²) in [6.45, 7) is 0. The fraction of sp³-hybridized carbons (Fsp3) is 0. The van der Waals surface area contributed by atoms with E-state index in [4.69, 9.17) is 10.5 Å². The van der Waals surface area contributed by atoms with Gasteiger partial charge in [0.2, 0.25) is 0 Å². The standard InChI is InChI=1S/C17H14N4O2/c18-16-15(10-22)17(20-11-19-16)21-12-6-8-14(9-7-12)23-13-4-2-1-3-5-13/h1-11H,(H3,18,19,20,21). The topological polar surface area (TPSA) is 90.1 Å². The van der Waals surface area contributed by atoms with Crippen LogP contribution >= 0.6 is 0 Å². The molecule has 0 saturated carbocycles. The van der Waals surface area contributed by atoms with Crippen LogP contribution < -0.4 is 15.8 Å². The molecule has 0 fully saturated rings. The van der Waals surface area contributed by atoms with Gasteiger partial charge in [-0.3, -0.25) is 4.79 Å². The van der Waals surface area contributed by atoms with Crippen LogP contribution in [0, 0.1) is 0 Å². The summed E-state index contributed by atoms with van der Waals surface area (Å²) in [5.41, 5.74) is 6.64. The van der Waals surface area contributed by atoms with Crippen LogP contribution in [0.25, 0.3) is 0 Å². The molecule has 0 atom stereocenters. The Hall–Kier alpha value is -3.41. The zero-order chi connectivity index (χ0) is 16.1. The lowest BCUT2D eigenvalue weighted by molar-refractivity contribution is 0.112. The van der Waals surface area contributed by atoms with Crippen LogP contribution in [0.15, 0.2) is 60.9 Å². The maximum absolute atomic E-state index is 11.1. The quantitative estimate of drug-likeness (QED) is 0.702. The predicted molar refractivity (Wildman–Crippen MR) is 88.1 cm³/mol. The minimum absolute atomic E-state index is 0.140. The van der Waals surface area contributed by atoms with E-state index >= 15 is 0 Å². The molecule has 0 aliphatic carbocycles. The van der Waals surface area contributed by atoms with E-state index < -0.39 is 0 Å². The van der Waals surface area contributed by atoms with E-state index in [2.05, 4.69) is 15.3 Å². The van der Waals surface area contributed by atoms with E-state index in [-0.39, 0.29) is 11.4 Å². The van der Waals surface area contributed by atoms with Crippen LogP contribution in [0.1, 0.15) is 10.4 Å². The molecule has 1 heterocycles. The van der Waals surface area contributed by atoms with Crippen molar-refractivity contribution in [2.24, 2.45) is 0 Å². The third-order valence-electron chi connectivity index (χ3n) is 3.13. The second-order valence-corrected chi connectivity index (χ2v) is 4.70. The highest BCUT2D eigenvalue weighted by Crippen LogP contribution is 2.25. The summed E-state index contributed by atoms with van der Waals surface area (Å²) in [5, 5.41) is 3.04. The summed E-state index contributed by atoms with van der Waals surface area (Å²) in [6, 6.07) is 16.8. The molecule has 0 bridgehead atoms. The van der Waals surface area contributed by atoms with Gasteiger partial charge >= 0.3 is 0 Å². The summed E-state index contributed by atoms with van der Waals surface area (Å²) in [7, 11) is 0. The van der Waals surface area contributed by atoms with Gasteiger partial charge in [0, 0.05) is 5.69 Å². The molecule has 0 aliphatic heterocycles. The number of carbonyl (C=O) groups excluding carboxylic acids is 1. The van der Waals surface area contributed by atoms with Crippen molar-refractivity contribution >= 4 is 23.6 Å². The van der Waals surface area contributed by atoms with Crippen LogP contribution in [-0.2, 0) is 0 Å². The first-order valence-corrected chi connectivity index (χ1v) is 6.92. The number of nitrogen functional groups attached to an aromatic ring is 1. The third-order valence-corrected chi connectivity index (χ3v) is 3.13. The van der Waals surface area contributed by atoms with Gasteiger partial charge in [-0.25, -0.2) is 9.97 Å². The molecule has 0 spiro atoms. The van der Waals surface area contributed by atoms with Crippen molar-refractivity contribution in [1.82, 2.24) is 9.97 Å². The molecule has 6 heteroatoms. The number of aldehydes is 1. The van der Waals surface area contributed by atoms with Gasteiger partial charge in [0.25, 0.3) is 0 Å². The molecule has 0 radical (unpaired) electrons. The Morgan fingerprint density at radius 1 is 0.957 bits per heavy atom. The highest BCUT2D eigenvalue weighted by molar-refractivity contribution is 5.89. The lowest BCUT2D eigenvalue weighted by Crippen LogP contribution is -2.04. The Morgan fingerprint density at radius 2 is 1.65 bits per heavy atom. The molecule has 6 nitrogen and oxygen atoms in total. The summed E-state index contributed by atoms with van der Waals surface area (Å²) in [5.74, 6) is 1.98. The van der Waals surface area contributed by atoms with E-state index in [0.29, 0.717) is 17.9 Å². The van der Waals surface area contributed by atoms with Crippen LogP contribution in [-0.4, -0.2) is 16.3 Å². The Kier molecular flexibility index (Phi) is 4.15. The monoisotopic (exact) mass is 306 g/mol. The molecule has 2 aromatic carbocycles. The van der Waals surface area contributed by atoms with E-state index in [1.54, 1.807) is 0 Å². The van der Waals surface area contributed by atoms with E-state index in [9.17, 15) is 4.79 Å². The van der Waals surface area contributed by atoms with Crippen molar-refractivity contribution in [3.05, 3.63) is 66.5 Å². The number of rotatable bonds is 5. The van der Waals surface area contributed by atoms with Gasteiger partial charge in [0.1, 0.15) is 29.5 Å². The van der Waals surface area contributed by atoms with Gasteiger partial charge in [-0.2, -0.15) is 0 Å². The summed E-state index contributed by atoms with van der Waals surface area (Å²) in [6.07, 6.45) is 1.93. The van der Waals surface area contributed by atoms with Gasteiger partial charge in [-0.05, 0) is 36.4 Å². The number of para-hydroxylation sites is 1. The lowest BCUT2D eigenvalue weighted by atomic mass is 10.2. The SMILES string of the molecule is Nc1ncnc(Nc2ccc(Oc3ccccc3)cc2)c1C=O. The second-order valence-electron chi connectivity index (χ2n) is 4.70. The molecule has 3 rings (SSSR count). The Labute approximate surface area is 133 Å². The molecule has 1 aromatic heterocycles. The first kappa shape index (κ1) is 14.5. The summed E-state index contributed by atoms with van der Waals surface area (Å²) >= 11 is 0. The fourth-order valence-corrected chi connectivity index (χ4v) is 1.99. The molecule has 3 N–H and O–H groups in total. The van der Waals surface area contributed by atoms with Crippen molar-refractivity contribution in [3.63, 3.8) is 0 Å². The third kappa shape index (κ3) is 3.44. The number of hydrogen-bond donors (Lipinski definition) is 2. The van der Waals surface area contributed by atoms with Crippen LogP contribution in [0.5, 0.6) is 11.5 Å². The van der Waals surface area contributed by atoms with E-state index in [1.807, 2.05) is 54.6 Å². The van der Waals surface area contributed by atoms with Crippen molar-refractivity contribution in [3.8, 4) is 11.5 Å². The molecule has 3 aromatic rings. The zero-order valence-electron chi connectivity index (χ0n) is 12.1.